The molecule has 1 saturated carbocycles. The fraction of sp³-hybridized carbons (Fsp3) is 0.545. The van der Waals surface area contributed by atoms with Gasteiger partial charge in [0.05, 0.1) is 5.56 Å². The first-order valence-corrected chi connectivity index (χ1v) is 5.27. The van der Waals surface area contributed by atoms with Crippen LogP contribution in [0, 0.1) is 0 Å². The predicted octanol–water partition coefficient (Wildman–Crippen LogP) is 2.70. The van der Waals surface area contributed by atoms with Gasteiger partial charge in [0.2, 0.25) is 0 Å². The zero-order chi connectivity index (χ0) is 11.8. The first-order chi connectivity index (χ1) is 7.50. The van der Waals surface area contributed by atoms with Gasteiger partial charge >= 0.3 is 6.18 Å². The summed E-state index contributed by atoms with van der Waals surface area (Å²) in [4.78, 5) is 3.78. The number of hydrogen-bond acceptors (Lipinski definition) is 2. The second-order valence-electron chi connectivity index (χ2n) is 4.16. The van der Waals surface area contributed by atoms with Crippen LogP contribution in [0.2, 0.25) is 0 Å². The monoisotopic (exact) mass is 230 g/mol. The molecule has 2 nitrogen and oxygen atoms in total. The number of rotatable bonds is 1. The van der Waals surface area contributed by atoms with Gasteiger partial charge in [-0.05, 0) is 24.5 Å². The highest BCUT2D eigenvalue weighted by Gasteiger charge is 2.37. The molecule has 2 N–H and O–H groups in total. The molecule has 1 aliphatic rings. The molecule has 1 aromatic heterocycles. The van der Waals surface area contributed by atoms with E-state index in [4.69, 9.17) is 5.73 Å². The zero-order valence-corrected chi connectivity index (χ0v) is 8.67. The number of pyridine rings is 1. The average molecular weight is 230 g/mol. The molecule has 0 spiro atoms. The fourth-order valence-electron chi connectivity index (χ4n) is 2.34. The molecule has 0 bridgehead atoms. The highest BCUT2D eigenvalue weighted by Crippen LogP contribution is 2.40. The highest BCUT2D eigenvalue weighted by atomic mass is 19.4. The van der Waals surface area contributed by atoms with E-state index >= 15 is 0 Å². The van der Waals surface area contributed by atoms with Crippen molar-refractivity contribution >= 4 is 0 Å². The summed E-state index contributed by atoms with van der Waals surface area (Å²) >= 11 is 0. The summed E-state index contributed by atoms with van der Waals surface area (Å²) in [5.41, 5.74) is 5.49. The third-order valence-electron chi connectivity index (χ3n) is 3.13. The lowest BCUT2D eigenvalue weighted by Gasteiger charge is -2.20. The highest BCUT2D eigenvalue weighted by molar-refractivity contribution is 5.31. The molecule has 16 heavy (non-hydrogen) atoms. The molecule has 2 atom stereocenters. The van der Waals surface area contributed by atoms with E-state index in [9.17, 15) is 13.2 Å². The summed E-state index contributed by atoms with van der Waals surface area (Å²) in [5, 5.41) is 0. The van der Waals surface area contributed by atoms with Gasteiger partial charge in [-0.3, -0.25) is 4.98 Å². The first-order valence-electron chi connectivity index (χ1n) is 5.27. The molecule has 0 aromatic carbocycles. The molecule has 0 amide bonds. The SMILES string of the molecule is NC1CCCC1c1cnccc1C(F)(F)F. The van der Waals surface area contributed by atoms with Gasteiger partial charge < -0.3 is 5.73 Å². The van der Waals surface area contributed by atoms with Crippen molar-refractivity contribution in [3.8, 4) is 0 Å². The van der Waals surface area contributed by atoms with Gasteiger partial charge in [-0.15, -0.1) is 0 Å². The second-order valence-corrected chi connectivity index (χ2v) is 4.16. The maximum absolute atomic E-state index is 12.8. The summed E-state index contributed by atoms with van der Waals surface area (Å²) in [6.07, 6.45) is 0.552. The molecule has 1 aliphatic carbocycles. The van der Waals surface area contributed by atoms with Crippen LogP contribution in [0.1, 0.15) is 36.3 Å². The summed E-state index contributed by atoms with van der Waals surface area (Å²) in [6.45, 7) is 0. The van der Waals surface area contributed by atoms with Gasteiger partial charge in [0.25, 0.3) is 0 Å². The van der Waals surface area contributed by atoms with Crippen LogP contribution in [-0.2, 0) is 6.18 Å². The summed E-state index contributed by atoms with van der Waals surface area (Å²) < 4.78 is 38.3. The topological polar surface area (TPSA) is 38.9 Å². The molecule has 1 heterocycles. The van der Waals surface area contributed by atoms with Crippen molar-refractivity contribution in [3.05, 3.63) is 29.6 Å². The molecule has 2 unspecified atom stereocenters. The van der Waals surface area contributed by atoms with Gasteiger partial charge in [-0.1, -0.05) is 6.42 Å². The Morgan fingerprint density at radius 2 is 2.06 bits per heavy atom. The number of aromatic nitrogens is 1. The van der Waals surface area contributed by atoms with E-state index in [1.807, 2.05) is 0 Å². The number of nitrogens with zero attached hydrogens (tertiary/aromatic N) is 1. The largest absolute Gasteiger partial charge is 0.416 e. The lowest BCUT2D eigenvalue weighted by atomic mass is 9.92. The molecule has 5 heteroatoms. The Kier molecular flexibility index (Phi) is 2.88. The zero-order valence-electron chi connectivity index (χ0n) is 8.67. The van der Waals surface area contributed by atoms with Crippen molar-refractivity contribution in [2.24, 2.45) is 5.73 Å². The van der Waals surface area contributed by atoms with Crippen LogP contribution < -0.4 is 5.73 Å². The minimum absolute atomic E-state index is 0.176. The standard InChI is InChI=1S/C11H13F3N2/c12-11(13,14)9-4-5-16-6-8(9)7-2-1-3-10(7)15/h4-7,10H,1-3,15H2. The van der Waals surface area contributed by atoms with Crippen LogP contribution in [0.15, 0.2) is 18.5 Å². The molecule has 1 aromatic rings. The minimum Gasteiger partial charge on any atom is -0.327 e. The molecular formula is C11H13F3N2. The average Bonchev–Trinajstić information content (AvgIpc) is 2.63. The van der Waals surface area contributed by atoms with Gasteiger partial charge in [0, 0.05) is 24.4 Å². The van der Waals surface area contributed by atoms with Gasteiger partial charge in [-0.25, -0.2) is 0 Å². The van der Waals surface area contributed by atoms with E-state index in [2.05, 4.69) is 4.98 Å². The maximum atomic E-state index is 12.8. The van der Waals surface area contributed by atoms with Gasteiger partial charge in [0.15, 0.2) is 0 Å². The Hall–Kier alpha value is -1.10. The molecule has 0 aliphatic heterocycles. The predicted molar refractivity (Wildman–Crippen MR) is 53.8 cm³/mol. The van der Waals surface area contributed by atoms with Crippen molar-refractivity contribution in [2.75, 3.05) is 0 Å². The Balaban J connectivity index is 2.40. The van der Waals surface area contributed by atoms with Crippen molar-refractivity contribution in [2.45, 2.75) is 37.4 Å². The van der Waals surface area contributed by atoms with Crippen LogP contribution in [0.4, 0.5) is 13.2 Å². The Morgan fingerprint density at radius 1 is 1.31 bits per heavy atom. The normalized spacial score (nSPS) is 26.0. The molecule has 2 rings (SSSR count). The number of hydrogen-bond donors (Lipinski definition) is 1. The molecule has 88 valence electrons. The molecule has 0 saturated heterocycles. The number of halogens is 3. The molecular weight excluding hydrogens is 217 g/mol. The van der Waals surface area contributed by atoms with Crippen LogP contribution >= 0.6 is 0 Å². The molecule has 1 fully saturated rings. The van der Waals surface area contributed by atoms with Crippen LogP contribution in [0.5, 0.6) is 0 Å². The Labute approximate surface area is 91.7 Å². The van der Waals surface area contributed by atoms with Crippen LogP contribution in [0.3, 0.4) is 0 Å². The summed E-state index contributed by atoms with van der Waals surface area (Å²) in [7, 11) is 0. The quantitative estimate of drug-likeness (QED) is 0.805. The van der Waals surface area contributed by atoms with Crippen LogP contribution in [-0.4, -0.2) is 11.0 Å². The van der Waals surface area contributed by atoms with E-state index in [-0.39, 0.29) is 17.5 Å². The third-order valence-corrected chi connectivity index (χ3v) is 3.13. The lowest BCUT2D eigenvalue weighted by molar-refractivity contribution is -0.138. The first kappa shape index (κ1) is 11.4. The smallest absolute Gasteiger partial charge is 0.327 e. The lowest BCUT2D eigenvalue weighted by Crippen LogP contribution is -2.25. The van der Waals surface area contributed by atoms with E-state index in [1.54, 1.807) is 0 Å². The van der Waals surface area contributed by atoms with Crippen LogP contribution in [0.25, 0.3) is 0 Å². The second kappa shape index (κ2) is 4.05. The van der Waals surface area contributed by atoms with E-state index < -0.39 is 11.7 Å². The van der Waals surface area contributed by atoms with Gasteiger partial charge in [-0.2, -0.15) is 13.2 Å². The minimum atomic E-state index is -4.32. The number of alkyl halides is 3. The fourth-order valence-corrected chi connectivity index (χ4v) is 2.34. The molecule has 0 radical (unpaired) electrons. The maximum Gasteiger partial charge on any atom is 0.416 e. The Bertz CT molecular complexity index is 376. The summed E-state index contributed by atoms with van der Waals surface area (Å²) in [5.74, 6) is -0.203. The van der Waals surface area contributed by atoms with Crippen molar-refractivity contribution in [3.63, 3.8) is 0 Å². The van der Waals surface area contributed by atoms with Crippen molar-refractivity contribution in [1.29, 1.82) is 0 Å². The van der Waals surface area contributed by atoms with Crippen molar-refractivity contribution < 1.29 is 13.2 Å². The summed E-state index contributed by atoms with van der Waals surface area (Å²) in [6, 6.07) is 0.852. The van der Waals surface area contributed by atoms with E-state index in [0.717, 1.165) is 25.3 Å². The van der Waals surface area contributed by atoms with Crippen molar-refractivity contribution in [1.82, 2.24) is 4.98 Å². The third kappa shape index (κ3) is 2.04. The van der Waals surface area contributed by atoms with Gasteiger partial charge in [0.1, 0.15) is 0 Å². The van der Waals surface area contributed by atoms with E-state index in [1.165, 1.54) is 12.4 Å². The Morgan fingerprint density at radius 3 is 2.62 bits per heavy atom. The van der Waals surface area contributed by atoms with E-state index in [0.29, 0.717) is 0 Å². The number of nitrogens with two attached hydrogens (primary N) is 1.